The SMILES string of the molecule is CC(O)(Cn1ccc2cccc([N+](=O)[O-])c21)C(=O)O. The van der Waals surface area contributed by atoms with Crippen molar-refractivity contribution in [1.29, 1.82) is 0 Å². The van der Waals surface area contributed by atoms with Crippen LogP contribution in [0.3, 0.4) is 0 Å². The van der Waals surface area contributed by atoms with Crippen molar-refractivity contribution < 1.29 is 19.9 Å². The number of nitro groups is 1. The number of carboxylic acid groups (broad SMARTS) is 1. The summed E-state index contributed by atoms with van der Waals surface area (Å²) in [6.07, 6.45) is 1.52. The number of aliphatic carboxylic acids is 1. The minimum absolute atomic E-state index is 0.122. The number of hydrogen-bond donors (Lipinski definition) is 2. The number of aliphatic hydroxyl groups is 1. The molecule has 0 radical (unpaired) electrons. The van der Waals surface area contributed by atoms with Crippen LogP contribution in [0.4, 0.5) is 5.69 Å². The topological polar surface area (TPSA) is 106 Å². The van der Waals surface area contributed by atoms with Gasteiger partial charge in [-0.15, -0.1) is 0 Å². The van der Waals surface area contributed by atoms with Crippen LogP contribution in [-0.2, 0) is 11.3 Å². The number of fused-ring (bicyclic) bond motifs is 1. The monoisotopic (exact) mass is 264 g/mol. The number of non-ortho nitro benzene ring substituents is 1. The number of carboxylic acids is 1. The molecule has 0 saturated carbocycles. The van der Waals surface area contributed by atoms with E-state index in [1.807, 2.05) is 0 Å². The molecular formula is C12H12N2O5. The average molecular weight is 264 g/mol. The van der Waals surface area contributed by atoms with Gasteiger partial charge in [0.2, 0.25) is 0 Å². The average Bonchev–Trinajstić information content (AvgIpc) is 2.71. The molecule has 7 heteroatoms. The zero-order chi connectivity index (χ0) is 14.2. The van der Waals surface area contributed by atoms with Crippen LogP contribution in [0.2, 0.25) is 0 Å². The fraction of sp³-hybridized carbons (Fsp3) is 0.250. The molecule has 100 valence electrons. The van der Waals surface area contributed by atoms with Gasteiger partial charge in [0.1, 0.15) is 5.52 Å². The highest BCUT2D eigenvalue weighted by atomic mass is 16.6. The van der Waals surface area contributed by atoms with Crippen molar-refractivity contribution in [2.75, 3.05) is 0 Å². The van der Waals surface area contributed by atoms with Crippen molar-refractivity contribution in [1.82, 2.24) is 4.57 Å². The summed E-state index contributed by atoms with van der Waals surface area (Å²) in [5.74, 6) is -1.38. The van der Waals surface area contributed by atoms with Gasteiger partial charge < -0.3 is 14.8 Å². The summed E-state index contributed by atoms with van der Waals surface area (Å²) in [7, 11) is 0. The van der Waals surface area contributed by atoms with Gasteiger partial charge in [-0.3, -0.25) is 10.1 Å². The number of benzene rings is 1. The Balaban J connectivity index is 2.56. The normalized spacial score (nSPS) is 14.2. The molecule has 2 rings (SSSR count). The summed E-state index contributed by atoms with van der Waals surface area (Å²) in [5.41, 5.74) is -1.81. The predicted octanol–water partition coefficient (Wildman–Crippen LogP) is 1.39. The smallest absolute Gasteiger partial charge is 0.337 e. The molecule has 0 aliphatic carbocycles. The highest BCUT2D eigenvalue weighted by Gasteiger charge is 2.31. The lowest BCUT2D eigenvalue weighted by Gasteiger charge is -2.19. The zero-order valence-corrected chi connectivity index (χ0v) is 10.1. The molecule has 0 amide bonds. The van der Waals surface area contributed by atoms with E-state index in [2.05, 4.69) is 0 Å². The maximum absolute atomic E-state index is 11.0. The van der Waals surface area contributed by atoms with Crippen LogP contribution in [0.5, 0.6) is 0 Å². The van der Waals surface area contributed by atoms with Crippen LogP contribution in [0.25, 0.3) is 10.9 Å². The Kier molecular flexibility index (Phi) is 2.99. The first-order valence-corrected chi connectivity index (χ1v) is 5.51. The van der Waals surface area contributed by atoms with Gasteiger partial charge in [0, 0.05) is 17.6 Å². The Morgan fingerprint density at radius 2 is 2.16 bits per heavy atom. The predicted molar refractivity (Wildman–Crippen MR) is 66.9 cm³/mol. The molecule has 2 N–H and O–H groups in total. The molecule has 0 saturated heterocycles. The molecule has 1 atom stereocenters. The van der Waals surface area contributed by atoms with Crippen molar-refractivity contribution >= 4 is 22.6 Å². The number of aromatic nitrogens is 1. The van der Waals surface area contributed by atoms with E-state index in [1.54, 1.807) is 18.2 Å². The fourth-order valence-electron chi connectivity index (χ4n) is 1.92. The van der Waals surface area contributed by atoms with Gasteiger partial charge in [-0.2, -0.15) is 0 Å². The molecule has 2 aromatic rings. The number of para-hydroxylation sites is 1. The summed E-state index contributed by atoms with van der Waals surface area (Å²) in [5, 5.41) is 30.3. The molecule has 19 heavy (non-hydrogen) atoms. The van der Waals surface area contributed by atoms with E-state index in [4.69, 9.17) is 5.11 Å². The second kappa shape index (κ2) is 4.36. The van der Waals surface area contributed by atoms with Crippen LogP contribution < -0.4 is 0 Å². The van der Waals surface area contributed by atoms with E-state index in [-0.39, 0.29) is 12.2 Å². The fourth-order valence-corrected chi connectivity index (χ4v) is 1.92. The number of nitro benzene ring substituents is 1. The molecule has 7 nitrogen and oxygen atoms in total. The second-order valence-electron chi connectivity index (χ2n) is 4.49. The molecule has 0 bridgehead atoms. The van der Waals surface area contributed by atoms with Gasteiger partial charge in [-0.25, -0.2) is 4.79 Å². The highest BCUT2D eigenvalue weighted by molar-refractivity contribution is 5.88. The largest absolute Gasteiger partial charge is 0.479 e. The second-order valence-corrected chi connectivity index (χ2v) is 4.49. The van der Waals surface area contributed by atoms with Gasteiger partial charge >= 0.3 is 5.97 Å². The van der Waals surface area contributed by atoms with E-state index in [9.17, 15) is 20.0 Å². The van der Waals surface area contributed by atoms with Crippen LogP contribution in [0.1, 0.15) is 6.92 Å². The van der Waals surface area contributed by atoms with Crippen molar-refractivity contribution in [3.63, 3.8) is 0 Å². The molecule has 0 aliphatic heterocycles. The lowest BCUT2D eigenvalue weighted by Crippen LogP contribution is -2.39. The number of nitrogens with zero attached hydrogens (tertiary/aromatic N) is 2. The summed E-state index contributed by atoms with van der Waals surface area (Å²) in [6.45, 7) is 0.882. The Morgan fingerprint density at radius 3 is 2.74 bits per heavy atom. The van der Waals surface area contributed by atoms with Crippen molar-refractivity contribution in [3.8, 4) is 0 Å². The maximum Gasteiger partial charge on any atom is 0.337 e. The zero-order valence-electron chi connectivity index (χ0n) is 10.1. The van der Waals surface area contributed by atoms with Gasteiger partial charge in [-0.05, 0) is 13.0 Å². The van der Waals surface area contributed by atoms with Crippen LogP contribution in [0.15, 0.2) is 30.5 Å². The molecule has 0 spiro atoms. The quantitative estimate of drug-likeness (QED) is 0.641. The first-order chi connectivity index (χ1) is 8.83. The van der Waals surface area contributed by atoms with Crippen LogP contribution in [-0.4, -0.2) is 31.3 Å². The summed E-state index contributed by atoms with van der Waals surface area (Å²) in [4.78, 5) is 21.3. The van der Waals surface area contributed by atoms with Crippen molar-refractivity contribution in [3.05, 3.63) is 40.6 Å². The van der Waals surface area contributed by atoms with Crippen molar-refractivity contribution in [2.24, 2.45) is 0 Å². The van der Waals surface area contributed by atoms with E-state index in [0.29, 0.717) is 10.9 Å². The Bertz CT molecular complexity index is 659. The van der Waals surface area contributed by atoms with E-state index in [1.165, 1.54) is 16.8 Å². The molecule has 1 aromatic carbocycles. The molecule has 1 heterocycles. The lowest BCUT2D eigenvalue weighted by atomic mass is 10.1. The summed E-state index contributed by atoms with van der Waals surface area (Å²) in [6, 6.07) is 6.23. The maximum atomic E-state index is 11.0. The summed E-state index contributed by atoms with van der Waals surface area (Å²) >= 11 is 0. The van der Waals surface area contributed by atoms with Gasteiger partial charge in [0.25, 0.3) is 5.69 Å². The Hall–Kier alpha value is -2.41. The third kappa shape index (κ3) is 2.27. The first-order valence-electron chi connectivity index (χ1n) is 5.51. The van der Waals surface area contributed by atoms with E-state index >= 15 is 0 Å². The van der Waals surface area contributed by atoms with E-state index < -0.39 is 16.5 Å². The van der Waals surface area contributed by atoms with Gasteiger partial charge in [0.15, 0.2) is 5.60 Å². The number of carbonyl (C=O) groups is 1. The first kappa shape index (κ1) is 13.0. The van der Waals surface area contributed by atoms with Crippen LogP contribution >= 0.6 is 0 Å². The minimum Gasteiger partial charge on any atom is -0.479 e. The van der Waals surface area contributed by atoms with Gasteiger partial charge in [0.05, 0.1) is 11.5 Å². The molecular weight excluding hydrogens is 252 g/mol. The van der Waals surface area contributed by atoms with Gasteiger partial charge in [-0.1, -0.05) is 12.1 Å². The molecule has 0 aliphatic rings. The summed E-state index contributed by atoms with van der Waals surface area (Å²) < 4.78 is 1.38. The van der Waals surface area contributed by atoms with Crippen molar-refractivity contribution in [2.45, 2.75) is 19.1 Å². The Labute approximate surface area is 107 Å². The highest BCUT2D eigenvalue weighted by Crippen LogP contribution is 2.27. The molecule has 1 aromatic heterocycles. The number of rotatable bonds is 4. The standard InChI is InChI=1S/C12H12N2O5/c1-12(17,11(15)16)7-13-6-5-8-3-2-4-9(10(8)13)14(18)19/h2-6,17H,7H2,1H3,(H,15,16). The third-order valence-corrected chi connectivity index (χ3v) is 2.90. The molecule has 0 fully saturated rings. The third-order valence-electron chi connectivity index (χ3n) is 2.90. The molecule has 1 unspecified atom stereocenters. The number of hydrogen-bond acceptors (Lipinski definition) is 4. The van der Waals surface area contributed by atoms with E-state index in [0.717, 1.165) is 6.92 Å². The Morgan fingerprint density at radius 1 is 1.47 bits per heavy atom. The minimum atomic E-state index is -1.99. The van der Waals surface area contributed by atoms with Crippen LogP contribution in [0, 0.1) is 10.1 Å². The lowest BCUT2D eigenvalue weighted by molar-refractivity contribution is -0.383.